The Kier molecular flexibility index (Phi) is 9.01. The molecule has 0 spiro atoms. The van der Waals surface area contributed by atoms with Crippen LogP contribution in [0.3, 0.4) is 0 Å². The third-order valence-corrected chi connectivity index (χ3v) is 6.95. The first-order valence-corrected chi connectivity index (χ1v) is 13.2. The van der Waals surface area contributed by atoms with E-state index in [1.54, 1.807) is 26.3 Å². The average Bonchev–Trinajstić information content (AvgIpc) is 2.95. The van der Waals surface area contributed by atoms with Crippen molar-refractivity contribution in [3.63, 3.8) is 0 Å². The van der Waals surface area contributed by atoms with Crippen LogP contribution in [0.5, 0.6) is 5.88 Å². The normalized spacial score (nSPS) is 12.7. The topological polar surface area (TPSA) is 107 Å². The van der Waals surface area contributed by atoms with Gasteiger partial charge in [0.15, 0.2) is 0 Å². The van der Waals surface area contributed by atoms with E-state index in [0.29, 0.717) is 23.1 Å². The van der Waals surface area contributed by atoms with Gasteiger partial charge in [0.05, 0.1) is 24.5 Å². The minimum atomic E-state index is -3.80. The molecule has 1 atom stereocenters. The Hall–Kier alpha value is -3.93. The summed E-state index contributed by atoms with van der Waals surface area (Å²) >= 11 is 0. The van der Waals surface area contributed by atoms with Gasteiger partial charge in [0.1, 0.15) is 11.6 Å². The van der Waals surface area contributed by atoms with E-state index in [9.17, 15) is 8.78 Å². The number of nitrogens with one attached hydrogen (secondary N) is 1. The number of aromatic nitrogens is 3. The molecule has 218 valence electrons. The van der Waals surface area contributed by atoms with Crippen LogP contribution in [-0.4, -0.2) is 71.2 Å². The van der Waals surface area contributed by atoms with Gasteiger partial charge in [-0.05, 0) is 70.3 Å². The molecule has 11 heteroatoms. The van der Waals surface area contributed by atoms with Gasteiger partial charge in [0.25, 0.3) is 0 Å². The lowest BCUT2D eigenvalue weighted by molar-refractivity contribution is -0.214. The molecule has 0 aliphatic heterocycles. The number of aliphatic hydroxyl groups excluding tert-OH is 1. The third-order valence-electron chi connectivity index (χ3n) is 6.95. The summed E-state index contributed by atoms with van der Waals surface area (Å²) in [4.78, 5) is 17.8. The third kappa shape index (κ3) is 6.70. The lowest BCUT2D eigenvalue weighted by atomic mass is 10.0. The first-order valence-electron chi connectivity index (χ1n) is 13.2. The van der Waals surface area contributed by atoms with E-state index >= 15 is 0 Å². The minimum absolute atomic E-state index is 0.425. The summed E-state index contributed by atoms with van der Waals surface area (Å²) in [6.07, 6.45) is -0.248. The number of benzene rings is 2. The lowest BCUT2D eigenvalue weighted by Crippen LogP contribution is -2.30. The molecule has 0 amide bonds. The Labute approximate surface area is 238 Å². The van der Waals surface area contributed by atoms with Crippen LogP contribution in [0.25, 0.3) is 10.9 Å². The van der Waals surface area contributed by atoms with Crippen molar-refractivity contribution in [2.45, 2.75) is 38.5 Å². The predicted octanol–water partition coefficient (Wildman–Crippen LogP) is 4.79. The number of aryl methyl sites for hydroxylation is 1. The molecule has 9 nitrogen and oxygen atoms in total. The van der Waals surface area contributed by atoms with Gasteiger partial charge in [-0.25, -0.2) is 15.0 Å². The van der Waals surface area contributed by atoms with Crippen molar-refractivity contribution in [1.29, 1.82) is 0 Å². The number of likely N-dealkylation sites (N-methyl/N-ethyl adjacent to an activating group) is 1. The number of fused-ring (bicyclic) bond motifs is 1. The zero-order chi connectivity index (χ0) is 29.9. The van der Waals surface area contributed by atoms with Crippen LogP contribution in [0, 0.1) is 6.92 Å². The summed E-state index contributed by atoms with van der Waals surface area (Å²) in [5.74, 6) is -2.09. The predicted molar refractivity (Wildman–Crippen MR) is 156 cm³/mol. The van der Waals surface area contributed by atoms with Crippen LogP contribution in [0.4, 0.5) is 26.0 Å². The van der Waals surface area contributed by atoms with Gasteiger partial charge < -0.3 is 30.1 Å². The number of alkyl halides is 2. The van der Waals surface area contributed by atoms with E-state index in [1.165, 1.54) is 18.2 Å². The number of methoxy groups -OCH3 is 1. The fourth-order valence-corrected chi connectivity index (χ4v) is 4.53. The number of aliphatic hydroxyl groups is 2. The molecule has 4 aromatic rings. The Balaban J connectivity index is 1.67. The van der Waals surface area contributed by atoms with Crippen LogP contribution in [0.15, 0.2) is 54.7 Å². The molecule has 0 radical (unpaired) electrons. The number of hydrogen-bond acceptors (Lipinski definition) is 9. The monoisotopic (exact) mass is 566 g/mol. The molecule has 0 bridgehead atoms. The molecule has 41 heavy (non-hydrogen) atoms. The molecule has 0 unspecified atom stereocenters. The largest absolute Gasteiger partial charge is 0.481 e. The number of hydrogen-bond donors (Lipinski definition) is 3. The maximum absolute atomic E-state index is 14.3. The second kappa shape index (κ2) is 12.3. The summed E-state index contributed by atoms with van der Waals surface area (Å²) in [5.41, 5.74) is 3.55. The highest BCUT2D eigenvalue weighted by Gasteiger charge is 2.39. The molecule has 0 aliphatic rings. The van der Waals surface area contributed by atoms with Crippen molar-refractivity contribution in [2.75, 3.05) is 45.0 Å². The maximum Gasteiger partial charge on any atom is 0.322 e. The van der Waals surface area contributed by atoms with Crippen molar-refractivity contribution in [2.24, 2.45) is 0 Å². The molecular formula is C30H36F2N6O3. The van der Waals surface area contributed by atoms with Crippen molar-refractivity contribution in [1.82, 2.24) is 19.9 Å². The number of nitrogens with zero attached hydrogens (tertiary/aromatic N) is 5. The molecule has 3 N–H and O–H groups in total. The first kappa shape index (κ1) is 30.0. The highest BCUT2D eigenvalue weighted by atomic mass is 19.3. The van der Waals surface area contributed by atoms with Gasteiger partial charge in [0, 0.05) is 41.8 Å². The Bertz CT molecular complexity index is 1520. The minimum Gasteiger partial charge on any atom is -0.481 e. The van der Waals surface area contributed by atoms with E-state index < -0.39 is 23.8 Å². The number of anilines is 3. The lowest BCUT2D eigenvalue weighted by Gasteiger charge is -2.23. The molecule has 0 fully saturated rings. The molecule has 0 saturated heterocycles. The number of pyridine rings is 1. The molecule has 0 aliphatic carbocycles. The Morgan fingerprint density at radius 3 is 2.46 bits per heavy atom. The molecular weight excluding hydrogens is 530 g/mol. The van der Waals surface area contributed by atoms with Gasteiger partial charge in [-0.3, -0.25) is 0 Å². The van der Waals surface area contributed by atoms with Crippen LogP contribution in [-0.2, 0) is 12.3 Å². The number of halogens is 2. The summed E-state index contributed by atoms with van der Waals surface area (Å²) in [6.45, 7) is 4.47. The van der Waals surface area contributed by atoms with Crippen LogP contribution < -0.4 is 15.0 Å². The summed E-state index contributed by atoms with van der Waals surface area (Å²) in [6, 6.07) is 13.1. The molecule has 2 aromatic heterocycles. The number of rotatable bonds is 11. The second-order valence-corrected chi connectivity index (χ2v) is 10.3. The maximum atomic E-state index is 14.3. The fraction of sp³-hybridized carbons (Fsp3) is 0.367. The zero-order valence-corrected chi connectivity index (χ0v) is 24.1. The quantitative estimate of drug-likeness (QED) is 0.221. The standard InChI is InChI=1S/C30H36F2N6O3/c1-18(20-8-7-9-22(14-20)30(31,32)29(39)40)34-27-25-16-23(10-11-26(25)35-19(2)36-27)38(5)24-15-21(12-13-37(3)4)28(41-6)33-17-24/h7-11,14-18,29,39-40H,12-13H2,1-6H3,(H,34,35,36)/t18-/m1/s1. The highest BCUT2D eigenvalue weighted by molar-refractivity contribution is 5.92. The smallest absolute Gasteiger partial charge is 0.322 e. The average molecular weight is 567 g/mol. The molecule has 4 rings (SSSR count). The van der Waals surface area contributed by atoms with Crippen LogP contribution in [0.2, 0.25) is 0 Å². The van der Waals surface area contributed by atoms with Crippen molar-refractivity contribution in [3.8, 4) is 5.88 Å². The van der Waals surface area contributed by atoms with Gasteiger partial charge in [-0.15, -0.1) is 0 Å². The zero-order valence-electron chi connectivity index (χ0n) is 24.1. The van der Waals surface area contributed by atoms with Gasteiger partial charge in [0.2, 0.25) is 12.2 Å². The van der Waals surface area contributed by atoms with Crippen LogP contribution in [0.1, 0.15) is 35.5 Å². The fourth-order valence-electron chi connectivity index (χ4n) is 4.53. The van der Waals surface area contributed by atoms with Crippen molar-refractivity contribution in [3.05, 3.63) is 77.2 Å². The Morgan fingerprint density at radius 2 is 1.78 bits per heavy atom. The van der Waals surface area contributed by atoms with E-state index in [0.717, 1.165) is 40.8 Å². The second-order valence-electron chi connectivity index (χ2n) is 10.3. The van der Waals surface area contributed by atoms with Gasteiger partial charge in [-0.1, -0.05) is 18.2 Å². The SMILES string of the molecule is COc1ncc(N(C)c2ccc3nc(C)nc(N[C@H](C)c4cccc(C(F)(F)C(O)O)c4)c3c2)cc1CCN(C)C. The molecule has 2 aromatic carbocycles. The van der Waals surface area contributed by atoms with Crippen molar-refractivity contribution < 1.29 is 23.7 Å². The first-order chi connectivity index (χ1) is 19.4. The highest BCUT2D eigenvalue weighted by Crippen LogP contribution is 2.35. The van der Waals surface area contributed by atoms with E-state index in [-0.39, 0.29) is 0 Å². The van der Waals surface area contributed by atoms with Gasteiger partial charge in [-0.2, -0.15) is 8.78 Å². The summed E-state index contributed by atoms with van der Waals surface area (Å²) < 4.78 is 34.0. The van der Waals surface area contributed by atoms with Crippen molar-refractivity contribution >= 4 is 28.1 Å². The van der Waals surface area contributed by atoms with E-state index in [2.05, 4.69) is 31.2 Å². The van der Waals surface area contributed by atoms with Gasteiger partial charge >= 0.3 is 5.92 Å². The summed E-state index contributed by atoms with van der Waals surface area (Å²) in [7, 11) is 7.61. The van der Waals surface area contributed by atoms with E-state index in [1.807, 2.05) is 51.2 Å². The van der Waals surface area contributed by atoms with E-state index in [4.69, 9.17) is 14.9 Å². The molecule has 0 saturated carbocycles. The molecule has 2 heterocycles. The summed E-state index contributed by atoms with van der Waals surface area (Å²) in [5, 5.41) is 22.4. The van der Waals surface area contributed by atoms with Crippen LogP contribution >= 0.6 is 0 Å². The Morgan fingerprint density at radius 1 is 1.02 bits per heavy atom. The number of ether oxygens (including phenoxy) is 1.